The van der Waals surface area contributed by atoms with Crippen LogP contribution in [-0.4, -0.2) is 26.6 Å². The summed E-state index contributed by atoms with van der Waals surface area (Å²) in [7, 11) is 3.25. The Labute approximate surface area is 94.0 Å². The van der Waals surface area contributed by atoms with Crippen LogP contribution in [0.4, 0.5) is 0 Å². The highest BCUT2D eigenvalue weighted by Crippen LogP contribution is 2.24. The number of ketones is 1. The number of rotatable bonds is 6. The summed E-state index contributed by atoms with van der Waals surface area (Å²) < 4.78 is 9.99. The van der Waals surface area contributed by atoms with Crippen LogP contribution < -0.4 is 4.74 Å². The first-order valence-corrected chi connectivity index (χ1v) is 5.72. The van der Waals surface area contributed by atoms with Crippen molar-refractivity contribution in [2.24, 2.45) is 5.92 Å². The number of carbonyl (C=O) groups excluding carboxylic acids is 1. The third-order valence-electron chi connectivity index (χ3n) is 2.26. The van der Waals surface area contributed by atoms with Crippen LogP contribution in [0.15, 0.2) is 11.4 Å². The fraction of sp³-hybridized carbons (Fsp3) is 0.545. The van der Waals surface area contributed by atoms with Gasteiger partial charge in [-0.05, 0) is 6.42 Å². The van der Waals surface area contributed by atoms with Gasteiger partial charge in [0, 0.05) is 31.1 Å². The first-order chi connectivity index (χ1) is 7.19. The molecule has 0 saturated carbocycles. The van der Waals surface area contributed by atoms with Gasteiger partial charge in [0.2, 0.25) is 0 Å². The average molecular weight is 228 g/mol. The van der Waals surface area contributed by atoms with Crippen LogP contribution in [0.25, 0.3) is 0 Å². The molecule has 0 N–H and O–H groups in total. The van der Waals surface area contributed by atoms with Crippen LogP contribution in [0.5, 0.6) is 5.75 Å². The van der Waals surface area contributed by atoms with Gasteiger partial charge in [0.1, 0.15) is 5.75 Å². The summed E-state index contributed by atoms with van der Waals surface area (Å²) in [6.45, 7) is 2.54. The van der Waals surface area contributed by atoms with E-state index in [0.29, 0.717) is 6.61 Å². The molecule has 0 aromatic carbocycles. The largest absolute Gasteiger partial charge is 0.496 e. The van der Waals surface area contributed by atoms with E-state index in [1.807, 2.05) is 12.3 Å². The fourth-order valence-corrected chi connectivity index (χ4v) is 2.13. The normalized spacial score (nSPS) is 12.5. The minimum absolute atomic E-state index is 0.00769. The Bertz CT molecular complexity index is 319. The number of carbonyl (C=O) groups is 1. The smallest absolute Gasteiger partial charge is 0.175 e. The highest BCUT2D eigenvalue weighted by molar-refractivity contribution is 7.12. The molecule has 1 aromatic rings. The summed E-state index contributed by atoms with van der Waals surface area (Å²) in [6.07, 6.45) is 0.759. The van der Waals surface area contributed by atoms with Crippen LogP contribution in [0.3, 0.4) is 0 Å². The molecular formula is C11H16O3S. The predicted octanol–water partition coefficient (Wildman–Crippen LogP) is 2.61. The van der Waals surface area contributed by atoms with Crippen molar-refractivity contribution >= 4 is 17.1 Å². The van der Waals surface area contributed by atoms with Gasteiger partial charge in [0.05, 0.1) is 12.0 Å². The molecule has 0 fully saturated rings. The minimum atomic E-state index is 0.00769. The number of Topliss-reactive ketones (excluding diaryl/α,β-unsaturated/α-hetero) is 1. The number of thiophene rings is 1. The van der Waals surface area contributed by atoms with E-state index >= 15 is 0 Å². The van der Waals surface area contributed by atoms with Crippen molar-refractivity contribution in [2.45, 2.75) is 13.3 Å². The molecule has 1 rings (SSSR count). The van der Waals surface area contributed by atoms with E-state index in [0.717, 1.165) is 17.0 Å². The standard InChI is InChI=1S/C11H16O3S/c1-8(4-5-13-2)11(12)10-6-9(14-3)7-15-10/h6-8H,4-5H2,1-3H3. The van der Waals surface area contributed by atoms with Crippen molar-refractivity contribution in [1.82, 2.24) is 0 Å². The van der Waals surface area contributed by atoms with Crippen LogP contribution >= 0.6 is 11.3 Å². The molecule has 1 aromatic heterocycles. The molecule has 84 valence electrons. The molecule has 4 heteroatoms. The summed E-state index contributed by atoms with van der Waals surface area (Å²) in [5, 5.41) is 1.84. The molecule has 3 nitrogen and oxygen atoms in total. The van der Waals surface area contributed by atoms with Gasteiger partial charge in [0.15, 0.2) is 5.78 Å². The molecule has 0 aliphatic rings. The van der Waals surface area contributed by atoms with Gasteiger partial charge in [-0.15, -0.1) is 11.3 Å². The average Bonchev–Trinajstić information content (AvgIpc) is 2.73. The van der Waals surface area contributed by atoms with Crippen molar-refractivity contribution < 1.29 is 14.3 Å². The van der Waals surface area contributed by atoms with Crippen molar-refractivity contribution in [3.05, 3.63) is 16.3 Å². The fourth-order valence-electron chi connectivity index (χ4n) is 1.22. The Morgan fingerprint density at radius 2 is 2.27 bits per heavy atom. The number of methoxy groups -OCH3 is 2. The van der Waals surface area contributed by atoms with Gasteiger partial charge in [-0.2, -0.15) is 0 Å². The zero-order valence-electron chi connectivity index (χ0n) is 9.28. The summed E-state index contributed by atoms with van der Waals surface area (Å²) in [5.74, 6) is 0.927. The summed E-state index contributed by atoms with van der Waals surface area (Å²) in [6, 6.07) is 1.79. The van der Waals surface area contributed by atoms with E-state index in [2.05, 4.69) is 0 Å². The molecule has 0 radical (unpaired) electrons. The number of hydrogen-bond acceptors (Lipinski definition) is 4. The Morgan fingerprint density at radius 1 is 1.53 bits per heavy atom. The minimum Gasteiger partial charge on any atom is -0.496 e. The second-order valence-electron chi connectivity index (χ2n) is 3.40. The number of ether oxygens (including phenoxy) is 2. The molecule has 0 aliphatic carbocycles. The first kappa shape index (κ1) is 12.2. The van der Waals surface area contributed by atoms with E-state index in [9.17, 15) is 4.79 Å². The highest BCUT2D eigenvalue weighted by atomic mass is 32.1. The van der Waals surface area contributed by atoms with Gasteiger partial charge in [-0.3, -0.25) is 4.79 Å². The molecule has 1 heterocycles. The van der Waals surface area contributed by atoms with Crippen LogP contribution in [-0.2, 0) is 4.74 Å². The quantitative estimate of drug-likeness (QED) is 0.702. The second-order valence-corrected chi connectivity index (χ2v) is 4.31. The van der Waals surface area contributed by atoms with Crippen molar-refractivity contribution in [3.8, 4) is 5.75 Å². The summed E-state index contributed by atoms with van der Waals surface area (Å²) >= 11 is 1.43. The van der Waals surface area contributed by atoms with E-state index in [1.54, 1.807) is 20.3 Å². The highest BCUT2D eigenvalue weighted by Gasteiger charge is 2.16. The van der Waals surface area contributed by atoms with Gasteiger partial charge in [-0.1, -0.05) is 6.92 Å². The van der Waals surface area contributed by atoms with Crippen LogP contribution in [0.1, 0.15) is 23.0 Å². The molecule has 15 heavy (non-hydrogen) atoms. The Balaban J connectivity index is 2.59. The van der Waals surface area contributed by atoms with E-state index < -0.39 is 0 Å². The maximum atomic E-state index is 11.9. The molecule has 0 aliphatic heterocycles. The van der Waals surface area contributed by atoms with E-state index in [1.165, 1.54) is 11.3 Å². The predicted molar refractivity (Wildman–Crippen MR) is 60.9 cm³/mol. The van der Waals surface area contributed by atoms with Crippen LogP contribution in [0.2, 0.25) is 0 Å². The SMILES string of the molecule is COCCC(C)C(=O)c1cc(OC)cs1. The molecule has 1 atom stereocenters. The van der Waals surface area contributed by atoms with Gasteiger partial charge in [0.25, 0.3) is 0 Å². The molecule has 0 amide bonds. The lowest BCUT2D eigenvalue weighted by molar-refractivity contribution is 0.0897. The summed E-state index contributed by atoms with van der Waals surface area (Å²) in [4.78, 5) is 12.6. The zero-order chi connectivity index (χ0) is 11.3. The lowest BCUT2D eigenvalue weighted by atomic mass is 10.0. The first-order valence-electron chi connectivity index (χ1n) is 4.84. The Morgan fingerprint density at radius 3 is 2.80 bits per heavy atom. The van der Waals surface area contributed by atoms with Crippen molar-refractivity contribution in [3.63, 3.8) is 0 Å². The summed E-state index contributed by atoms with van der Waals surface area (Å²) in [5.41, 5.74) is 0. The van der Waals surface area contributed by atoms with Gasteiger partial charge >= 0.3 is 0 Å². The van der Waals surface area contributed by atoms with Crippen molar-refractivity contribution in [1.29, 1.82) is 0 Å². The molecule has 0 saturated heterocycles. The second kappa shape index (κ2) is 5.88. The lowest BCUT2D eigenvalue weighted by Gasteiger charge is -2.07. The Kier molecular flexibility index (Phi) is 4.78. The lowest BCUT2D eigenvalue weighted by Crippen LogP contribution is -2.12. The van der Waals surface area contributed by atoms with Gasteiger partial charge in [-0.25, -0.2) is 0 Å². The number of hydrogen-bond donors (Lipinski definition) is 0. The third kappa shape index (κ3) is 3.32. The molecular weight excluding hydrogens is 212 g/mol. The molecule has 1 unspecified atom stereocenters. The molecule has 0 bridgehead atoms. The van der Waals surface area contributed by atoms with Crippen molar-refractivity contribution in [2.75, 3.05) is 20.8 Å². The molecule has 0 spiro atoms. The van der Waals surface area contributed by atoms with E-state index in [4.69, 9.17) is 9.47 Å². The van der Waals surface area contributed by atoms with Crippen LogP contribution in [0, 0.1) is 5.92 Å². The third-order valence-corrected chi connectivity index (χ3v) is 3.18. The topological polar surface area (TPSA) is 35.5 Å². The van der Waals surface area contributed by atoms with Gasteiger partial charge < -0.3 is 9.47 Å². The zero-order valence-corrected chi connectivity index (χ0v) is 10.1. The van der Waals surface area contributed by atoms with E-state index in [-0.39, 0.29) is 11.7 Å². The maximum absolute atomic E-state index is 11.9. The monoisotopic (exact) mass is 228 g/mol. The Hall–Kier alpha value is -0.870. The maximum Gasteiger partial charge on any atom is 0.175 e.